The standard InChI is InChI=1S/C17H26N4O4S/c22-17(20-6-5-19-4-2-1-3-14(19)13-20)16-11-15(12-18-16)26(23,24)21-7-9-25-10-8-21/h11-12,14,18H,1-10,13H2. The highest BCUT2D eigenvalue weighted by Crippen LogP contribution is 2.23. The van der Waals surface area contributed by atoms with E-state index in [0.29, 0.717) is 44.6 Å². The lowest BCUT2D eigenvalue weighted by atomic mass is 9.99. The molecule has 0 radical (unpaired) electrons. The first-order valence-electron chi connectivity index (χ1n) is 9.35. The maximum atomic E-state index is 12.8. The van der Waals surface area contributed by atoms with Crippen LogP contribution in [0, 0.1) is 0 Å². The summed E-state index contributed by atoms with van der Waals surface area (Å²) in [5.41, 5.74) is 0.348. The maximum Gasteiger partial charge on any atom is 0.270 e. The van der Waals surface area contributed by atoms with Gasteiger partial charge in [-0.1, -0.05) is 6.42 Å². The zero-order chi connectivity index (χ0) is 18.1. The first kappa shape index (κ1) is 18.0. The average molecular weight is 382 g/mol. The van der Waals surface area contributed by atoms with Gasteiger partial charge in [-0.3, -0.25) is 9.69 Å². The Morgan fingerprint density at radius 2 is 1.92 bits per heavy atom. The number of rotatable bonds is 3. The Morgan fingerprint density at radius 1 is 1.12 bits per heavy atom. The number of aromatic nitrogens is 1. The summed E-state index contributed by atoms with van der Waals surface area (Å²) in [5, 5.41) is 0. The van der Waals surface area contributed by atoms with Gasteiger partial charge in [0, 0.05) is 45.0 Å². The number of sulfonamides is 1. The van der Waals surface area contributed by atoms with Crippen molar-refractivity contribution in [2.45, 2.75) is 30.2 Å². The Bertz CT molecular complexity index is 757. The number of fused-ring (bicyclic) bond motifs is 1. The molecule has 0 aromatic carbocycles. The van der Waals surface area contributed by atoms with Crippen LogP contribution in [0.25, 0.3) is 0 Å². The Hall–Kier alpha value is -1.42. The fraction of sp³-hybridized carbons (Fsp3) is 0.706. The van der Waals surface area contributed by atoms with Crippen molar-refractivity contribution in [3.8, 4) is 0 Å². The molecular formula is C17H26N4O4S. The summed E-state index contributed by atoms with van der Waals surface area (Å²) in [6.45, 7) is 4.94. The lowest BCUT2D eigenvalue weighted by Crippen LogP contribution is -2.56. The summed E-state index contributed by atoms with van der Waals surface area (Å²) >= 11 is 0. The van der Waals surface area contributed by atoms with Crippen LogP contribution in [-0.4, -0.2) is 91.9 Å². The van der Waals surface area contributed by atoms with Crippen LogP contribution in [0.4, 0.5) is 0 Å². The molecule has 26 heavy (non-hydrogen) atoms. The van der Waals surface area contributed by atoms with Gasteiger partial charge in [-0.15, -0.1) is 0 Å². The average Bonchev–Trinajstić information content (AvgIpc) is 3.19. The van der Waals surface area contributed by atoms with Gasteiger partial charge in [0.2, 0.25) is 10.0 Å². The number of nitrogens with zero attached hydrogens (tertiary/aromatic N) is 3. The predicted molar refractivity (Wildman–Crippen MR) is 95.5 cm³/mol. The molecule has 4 rings (SSSR count). The SMILES string of the molecule is O=C(c1cc(S(=O)(=O)N2CCOCC2)c[nH]1)N1CCN2CCCCC2C1. The minimum absolute atomic E-state index is 0.112. The van der Waals surface area contributed by atoms with Gasteiger partial charge < -0.3 is 14.6 Å². The lowest BCUT2D eigenvalue weighted by Gasteiger charge is -2.43. The fourth-order valence-electron chi connectivity index (χ4n) is 4.09. The van der Waals surface area contributed by atoms with Crippen molar-refractivity contribution in [3.05, 3.63) is 18.0 Å². The number of amides is 1. The quantitative estimate of drug-likeness (QED) is 0.815. The normalized spacial score (nSPS) is 25.8. The van der Waals surface area contributed by atoms with E-state index in [2.05, 4.69) is 9.88 Å². The largest absolute Gasteiger partial charge is 0.379 e. The number of ether oxygens (including phenoxy) is 1. The molecule has 1 aromatic rings. The Kier molecular flexibility index (Phi) is 5.05. The number of carbonyl (C=O) groups excluding carboxylic acids is 1. The number of aromatic amines is 1. The summed E-state index contributed by atoms with van der Waals surface area (Å²) in [7, 11) is -3.58. The molecule has 0 spiro atoms. The smallest absolute Gasteiger partial charge is 0.270 e. The van der Waals surface area contributed by atoms with Crippen molar-refractivity contribution in [3.63, 3.8) is 0 Å². The number of hydrogen-bond donors (Lipinski definition) is 1. The molecule has 0 bridgehead atoms. The molecule has 1 aromatic heterocycles. The van der Waals surface area contributed by atoms with Crippen LogP contribution in [0.2, 0.25) is 0 Å². The molecule has 1 N–H and O–H groups in total. The number of piperazine rings is 1. The third-order valence-electron chi connectivity index (χ3n) is 5.62. The molecule has 1 amide bonds. The van der Waals surface area contributed by atoms with E-state index in [0.717, 1.165) is 26.1 Å². The second-order valence-corrected chi connectivity index (χ2v) is 9.14. The van der Waals surface area contributed by atoms with Crippen molar-refractivity contribution >= 4 is 15.9 Å². The van der Waals surface area contributed by atoms with E-state index in [1.54, 1.807) is 0 Å². The molecule has 0 aliphatic carbocycles. The third kappa shape index (κ3) is 3.40. The van der Waals surface area contributed by atoms with Gasteiger partial charge in [-0.2, -0.15) is 4.31 Å². The second kappa shape index (κ2) is 7.30. The van der Waals surface area contributed by atoms with Crippen molar-refractivity contribution < 1.29 is 17.9 Å². The van der Waals surface area contributed by atoms with Gasteiger partial charge in [0.05, 0.1) is 13.2 Å². The zero-order valence-electron chi connectivity index (χ0n) is 14.9. The van der Waals surface area contributed by atoms with E-state index in [4.69, 9.17) is 4.74 Å². The molecule has 3 aliphatic rings. The molecule has 4 heterocycles. The number of nitrogens with one attached hydrogen (secondary N) is 1. The van der Waals surface area contributed by atoms with Crippen LogP contribution in [0.1, 0.15) is 29.8 Å². The number of hydrogen-bond acceptors (Lipinski definition) is 5. The third-order valence-corrected chi connectivity index (χ3v) is 7.50. The van der Waals surface area contributed by atoms with Crippen LogP contribution >= 0.6 is 0 Å². The van der Waals surface area contributed by atoms with E-state index in [1.165, 1.54) is 29.4 Å². The number of carbonyl (C=O) groups is 1. The number of morpholine rings is 1. The first-order valence-corrected chi connectivity index (χ1v) is 10.8. The molecule has 3 aliphatic heterocycles. The van der Waals surface area contributed by atoms with Crippen molar-refractivity contribution in [2.75, 3.05) is 52.5 Å². The van der Waals surface area contributed by atoms with Crippen LogP contribution in [0.5, 0.6) is 0 Å². The fourth-order valence-corrected chi connectivity index (χ4v) is 5.50. The van der Waals surface area contributed by atoms with Crippen LogP contribution in [0.15, 0.2) is 17.2 Å². The van der Waals surface area contributed by atoms with E-state index in [1.807, 2.05) is 4.90 Å². The van der Waals surface area contributed by atoms with Crippen LogP contribution in [-0.2, 0) is 14.8 Å². The van der Waals surface area contributed by atoms with Crippen LogP contribution < -0.4 is 0 Å². The highest BCUT2D eigenvalue weighted by molar-refractivity contribution is 7.89. The highest BCUT2D eigenvalue weighted by Gasteiger charge is 2.33. The van der Waals surface area contributed by atoms with Gasteiger partial charge in [0.15, 0.2) is 0 Å². The summed E-state index contributed by atoms with van der Waals surface area (Å²) < 4.78 is 32.0. The summed E-state index contributed by atoms with van der Waals surface area (Å²) in [5.74, 6) is -0.112. The number of H-pyrrole nitrogens is 1. The summed E-state index contributed by atoms with van der Waals surface area (Å²) in [4.78, 5) is 20.2. The van der Waals surface area contributed by atoms with E-state index >= 15 is 0 Å². The Balaban J connectivity index is 1.46. The topological polar surface area (TPSA) is 85.9 Å². The molecule has 1 atom stereocenters. The summed E-state index contributed by atoms with van der Waals surface area (Å²) in [6, 6.07) is 1.91. The van der Waals surface area contributed by atoms with Gasteiger partial charge >= 0.3 is 0 Å². The minimum Gasteiger partial charge on any atom is -0.379 e. The highest BCUT2D eigenvalue weighted by atomic mass is 32.2. The van der Waals surface area contributed by atoms with E-state index < -0.39 is 10.0 Å². The number of piperidine rings is 1. The van der Waals surface area contributed by atoms with Crippen LogP contribution in [0.3, 0.4) is 0 Å². The molecule has 0 saturated carbocycles. The molecule has 9 heteroatoms. The first-order chi connectivity index (χ1) is 12.6. The van der Waals surface area contributed by atoms with Gasteiger partial charge in [0.25, 0.3) is 5.91 Å². The maximum absolute atomic E-state index is 12.8. The predicted octanol–water partition coefficient (Wildman–Crippen LogP) is 0.346. The minimum atomic E-state index is -3.58. The molecular weight excluding hydrogens is 356 g/mol. The van der Waals surface area contributed by atoms with E-state index in [9.17, 15) is 13.2 Å². The molecule has 1 unspecified atom stereocenters. The molecule has 3 saturated heterocycles. The monoisotopic (exact) mass is 382 g/mol. The van der Waals surface area contributed by atoms with Gasteiger partial charge in [0.1, 0.15) is 10.6 Å². The summed E-state index contributed by atoms with van der Waals surface area (Å²) in [6.07, 6.45) is 5.01. The van der Waals surface area contributed by atoms with Crippen molar-refractivity contribution in [1.82, 2.24) is 19.1 Å². The molecule has 3 fully saturated rings. The van der Waals surface area contributed by atoms with E-state index in [-0.39, 0.29) is 10.8 Å². The molecule has 8 nitrogen and oxygen atoms in total. The molecule has 144 valence electrons. The van der Waals surface area contributed by atoms with Crippen molar-refractivity contribution in [2.24, 2.45) is 0 Å². The zero-order valence-corrected chi connectivity index (χ0v) is 15.7. The second-order valence-electron chi connectivity index (χ2n) is 7.20. The van der Waals surface area contributed by atoms with Gasteiger partial charge in [-0.05, 0) is 25.5 Å². The Morgan fingerprint density at radius 3 is 2.73 bits per heavy atom. The van der Waals surface area contributed by atoms with Crippen molar-refractivity contribution in [1.29, 1.82) is 0 Å². The van der Waals surface area contributed by atoms with Gasteiger partial charge in [-0.25, -0.2) is 8.42 Å². The Labute approximate surface area is 154 Å². The lowest BCUT2D eigenvalue weighted by molar-refractivity contribution is 0.0368.